The smallest absolute Gasteiger partial charge is 0.224 e. The topological polar surface area (TPSA) is 59.6 Å². The number of rotatable bonds is 10. The van der Waals surface area contributed by atoms with Crippen LogP contribution in [0.2, 0.25) is 0 Å². The van der Waals surface area contributed by atoms with E-state index in [0.717, 1.165) is 42.9 Å². The number of nitrogens with one attached hydrogen (secondary N) is 2. The molecule has 2 N–H and O–H groups in total. The highest BCUT2D eigenvalue weighted by Crippen LogP contribution is 2.24. The first-order valence-electron chi connectivity index (χ1n) is 10.6. The molecule has 156 valence electrons. The predicted molar refractivity (Wildman–Crippen MR) is 116 cm³/mol. The number of benzene rings is 2. The van der Waals surface area contributed by atoms with Crippen LogP contribution in [0.15, 0.2) is 54.6 Å². The number of carbonyl (C=O) groups is 1. The average molecular weight is 397 g/mol. The van der Waals surface area contributed by atoms with E-state index in [1.165, 1.54) is 0 Å². The summed E-state index contributed by atoms with van der Waals surface area (Å²) in [4.78, 5) is 12.4. The Morgan fingerprint density at radius 3 is 2.69 bits per heavy atom. The van der Waals surface area contributed by atoms with Crippen molar-refractivity contribution in [2.45, 2.75) is 32.8 Å². The summed E-state index contributed by atoms with van der Waals surface area (Å²) in [6.45, 7) is 5.84. The van der Waals surface area contributed by atoms with Gasteiger partial charge in [0.1, 0.15) is 12.4 Å². The maximum atomic E-state index is 12.4. The van der Waals surface area contributed by atoms with Gasteiger partial charge in [-0.2, -0.15) is 0 Å². The molecule has 5 nitrogen and oxygen atoms in total. The molecule has 1 aliphatic rings. The van der Waals surface area contributed by atoms with E-state index in [1.807, 2.05) is 54.6 Å². The second-order valence-electron chi connectivity index (χ2n) is 7.73. The SMILES string of the molecule is CC(CC(=O)Nc1cccc(COCCOc2ccccc2)c1)C1CCNCC1. The summed E-state index contributed by atoms with van der Waals surface area (Å²) in [6.07, 6.45) is 2.90. The summed E-state index contributed by atoms with van der Waals surface area (Å²) in [5.74, 6) is 1.98. The van der Waals surface area contributed by atoms with Gasteiger partial charge in [0.25, 0.3) is 0 Å². The molecule has 0 aliphatic carbocycles. The first-order chi connectivity index (χ1) is 14.2. The molecule has 0 aromatic heterocycles. The third-order valence-electron chi connectivity index (χ3n) is 5.41. The molecule has 5 heteroatoms. The highest BCUT2D eigenvalue weighted by Gasteiger charge is 2.22. The Kier molecular flexibility index (Phi) is 8.53. The second kappa shape index (κ2) is 11.6. The molecule has 2 aromatic rings. The number of amides is 1. The second-order valence-corrected chi connectivity index (χ2v) is 7.73. The van der Waals surface area contributed by atoms with Gasteiger partial charge in [-0.25, -0.2) is 0 Å². The number of hydrogen-bond donors (Lipinski definition) is 2. The molecule has 1 amide bonds. The molecule has 2 aromatic carbocycles. The molecule has 1 saturated heterocycles. The quantitative estimate of drug-likeness (QED) is 0.590. The Labute approximate surface area is 173 Å². The van der Waals surface area contributed by atoms with Crippen molar-refractivity contribution in [3.8, 4) is 5.75 Å². The summed E-state index contributed by atoms with van der Waals surface area (Å²) in [5, 5.41) is 6.42. The van der Waals surface area contributed by atoms with Gasteiger partial charge in [0.15, 0.2) is 0 Å². The zero-order chi connectivity index (χ0) is 20.3. The lowest BCUT2D eigenvalue weighted by Gasteiger charge is -2.27. The summed E-state index contributed by atoms with van der Waals surface area (Å²) < 4.78 is 11.3. The lowest BCUT2D eigenvalue weighted by atomic mass is 9.84. The van der Waals surface area contributed by atoms with E-state index in [-0.39, 0.29) is 5.91 Å². The van der Waals surface area contributed by atoms with Crippen LogP contribution in [0.4, 0.5) is 5.69 Å². The molecule has 1 heterocycles. The van der Waals surface area contributed by atoms with Crippen LogP contribution in [0.1, 0.15) is 31.7 Å². The minimum Gasteiger partial charge on any atom is -0.491 e. The van der Waals surface area contributed by atoms with Crippen molar-refractivity contribution in [3.05, 3.63) is 60.2 Å². The maximum Gasteiger partial charge on any atom is 0.224 e. The number of piperidine rings is 1. The molecular formula is C24H32N2O3. The first-order valence-corrected chi connectivity index (χ1v) is 10.6. The number of anilines is 1. The third kappa shape index (κ3) is 7.52. The third-order valence-corrected chi connectivity index (χ3v) is 5.41. The Morgan fingerprint density at radius 2 is 1.90 bits per heavy atom. The van der Waals surface area contributed by atoms with Gasteiger partial charge in [-0.15, -0.1) is 0 Å². The van der Waals surface area contributed by atoms with Crippen molar-refractivity contribution >= 4 is 11.6 Å². The molecule has 29 heavy (non-hydrogen) atoms. The minimum atomic E-state index is 0.0883. The normalized spacial score (nSPS) is 15.6. The van der Waals surface area contributed by atoms with Crippen LogP contribution < -0.4 is 15.4 Å². The van der Waals surface area contributed by atoms with Crippen LogP contribution in [0.3, 0.4) is 0 Å². The van der Waals surface area contributed by atoms with Gasteiger partial charge in [-0.3, -0.25) is 4.79 Å². The Hall–Kier alpha value is -2.37. The lowest BCUT2D eigenvalue weighted by molar-refractivity contribution is -0.117. The van der Waals surface area contributed by atoms with Crippen molar-refractivity contribution in [3.63, 3.8) is 0 Å². The highest BCUT2D eigenvalue weighted by atomic mass is 16.5. The lowest BCUT2D eigenvalue weighted by Crippen LogP contribution is -2.32. The van der Waals surface area contributed by atoms with Crippen molar-refractivity contribution < 1.29 is 14.3 Å². The number of ether oxygens (including phenoxy) is 2. The van der Waals surface area contributed by atoms with E-state index in [4.69, 9.17) is 9.47 Å². The molecule has 0 saturated carbocycles. The molecule has 1 aliphatic heterocycles. The molecule has 0 spiro atoms. The number of hydrogen-bond acceptors (Lipinski definition) is 4. The van der Waals surface area contributed by atoms with Gasteiger partial charge in [0, 0.05) is 12.1 Å². The monoisotopic (exact) mass is 396 g/mol. The van der Waals surface area contributed by atoms with Crippen LogP contribution in [0.5, 0.6) is 5.75 Å². The van der Waals surface area contributed by atoms with Gasteiger partial charge in [0.2, 0.25) is 5.91 Å². The molecule has 1 atom stereocenters. The standard InChI is InChI=1S/C24H32N2O3/c1-19(21-10-12-25-13-11-21)16-24(27)26-22-7-5-6-20(17-22)18-28-14-15-29-23-8-3-2-4-9-23/h2-9,17,19,21,25H,10-16,18H2,1H3,(H,26,27). The van der Waals surface area contributed by atoms with Crippen molar-refractivity contribution in [2.75, 3.05) is 31.6 Å². The van der Waals surface area contributed by atoms with Crippen LogP contribution in [0.25, 0.3) is 0 Å². The van der Waals surface area contributed by atoms with Crippen LogP contribution >= 0.6 is 0 Å². The fourth-order valence-electron chi connectivity index (χ4n) is 3.75. The summed E-state index contributed by atoms with van der Waals surface area (Å²) in [6, 6.07) is 17.6. The number of carbonyl (C=O) groups excluding carboxylic acids is 1. The fraction of sp³-hybridized carbons (Fsp3) is 0.458. The van der Waals surface area contributed by atoms with E-state index < -0.39 is 0 Å². The molecule has 0 radical (unpaired) electrons. The number of para-hydroxylation sites is 1. The largest absolute Gasteiger partial charge is 0.491 e. The maximum absolute atomic E-state index is 12.4. The summed E-state index contributed by atoms with van der Waals surface area (Å²) >= 11 is 0. The van der Waals surface area contributed by atoms with E-state index >= 15 is 0 Å². The van der Waals surface area contributed by atoms with E-state index in [0.29, 0.717) is 38.1 Å². The summed E-state index contributed by atoms with van der Waals surface area (Å²) in [7, 11) is 0. The van der Waals surface area contributed by atoms with Gasteiger partial charge in [-0.1, -0.05) is 37.3 Å². The minimum absolute atomic E-state index is 0.0883. The van der Waals surface area contributed by atoms with Crippen LogP contribution in [-0.2, 0) is 16.1 Å². The fourth-order valence-corrected chi connectivity index (χ4v) is 3.75. The van der Waals surface area contributed by atoms with Gasteiger partial charge < -0.3 is 20.1 Å². The zero-order valence-corrected chi connectivity index (χ0v) is 17.2. The predicted octanol–water partition coefficient (Wildman–Crippen LogP) is 4.25. The molecular weight excluding hydrogens is 364 g/mol. The highest BCUT2D eigenvalue weighted by molar-refractivity contribution is 5.90. The Balaban J connectivity index is 1.37. The van der Waals surface area contributed by atoms with E-state index in [2.05, 4.69) is 17.6 Å². The van der Waals surface area contributed by atoms with Crippen molar-refractivity contribution in [1.29, 1.82) is 0 Å². The van der Waals surface area contributed by atoms with Gasteiger partial charge in [-0.05, 0) is 67.6 Å². The Morgan fingerprint density at radius 1 is 1.10 bits per heavy atom. The Bertz CT molecular complexity index is 745. The molecule has 1 fully saturated rings. The zero-order valence-electron chi connectivity index (χ0n) is 17.2. The van der Waals surface area contributed by atoms with E-state index in [9.17, 15) is 4.79 Å². The molecule has 1 unspecified atom stereocenters. The summed E-state index contributed by atoms with van der Waals surface area (Å²) in [5.41, 5.74) is 1.86. The van der Waals surface area contributed by atoms with Crippen molar-refractivity contribution in [1.82, 2.24) is 5.32 Å². The average Bonchev–Trinajstić information content (AvgIpc) is 2.75. The first kappa shape index (κ1) is 21.3. The van der Waals surface area contributed by atoms with Crippen molar-refractivity contribution in [2.24, 2.45) is 11.8 Å². The van der Waals surface area contributed by atoms with Crippen LogP contribution in [0, 0.1) is 11.8 Å². The molecule has 0 bridgehead atoms. The van der Waals surface area contributed by atoms with Crippen LogP contribution in [-0.4, -0.2) is 32.2 Å². The van der Waals surface area contributed by atoms with Gasteiger partial charge >= 0.3 is 0 Å². The molecule has 3 rings (SSSR count). The van der Waals surface area contributed by atoms with Gasteiger partial charge in [0.05, 0.1) is 13.2 Å². The van der Waals surface area contributed by atoms with E-state index in [1.54, 1.807) is 0 Å².